The molecule has 0 amide bonds. The van der Waals surface area contributed by atoms with Gasteiger partial charge < -0.3 is 0 Å². The van der Waals surface area contributed by atoms with Gasteiger partial charge in [0.1, 0.15) is 0 Å². The molecule has 42 heavy (non-hydrogen) atoms. The van der Waals surface area contributed by atoms with Crippen molar-refractivity contribution in [2.45, 2.75) is 0 Å². The smallest absolute Gasteiger partial charge is 0.0991 e. The lowest BCUT2D eigenvalue weighted by molar-refractivity contribution is 1.48. The number of benzene rings is 7. The Hall–Kier alpha value is -5.71. The van der Waals surface area contributed by atoms with Crippen LogP contribution in [0, 0.1) is 11.3 Å². The molecule has 1 aliphatic rings. The van der Waals surface area contributed by atoms with Crippen molar-refractivity contribution >= 4 is 10.8 Å². The quantitative estimate of drug-likeness (QED) is 0.222. The third-order valence-electron chi connectivity index (χ3n) is 8.44. The van der Waals surface area contributed by atoms with Crippen LogP contribution in [-0.2, 0) is 0 Å². The van der Waals surface area contributed by atoms with E-state index < -0.39 is 0 Å². The maximum Gasteiger partial charge on any atom is 0.0991 e. The van der Waals surface area contributed by atoms with E-state index in [1.165, 1.54) is 66.4 Å². The number of hydrogen-bond donors (Lipinski definition) is 0. The maximum atomic E-state index is 9.59. The van der Waals surface area contributed by atoms with Gasteiger partial charge in [0.2, 0.25) is 0 Å². The lowest BCUT2D eigenvalue weighted by Gasteiger charge is -2.21. The van der Waals surface area contributed by atoms with Crippen molar-refractivity contribution in [2.75, 3.05) is 0 Å². The van der Waals surface area contributed by atoms with Crippen molar-refractivity contribution < 1.29 is 0 Å². The van der Waals surface area contributed by atoms with Crippen LogP contribution >= 0.6 is 0 Å². The van der Waals surface area contributed by atoms with Crippen LogP contribution in [0.2, 0.25) is 0 Å². The fourth-order valence-corrected chi connectivity index (χ4v) is 6.66. The Balaban J connectivity index is 1.53. The van der Waals surface area contributed by atoms with E-state index in [9.17, 15) is 5.26 Å². The number of hydrogen-bond acceptors (Lipinski definition) is 1. The lowest BCUT2D eigenvalue weighted by Crippen LogP contribution is -1.94. The summed E-state index contributed by atoms with van der Waals surface area (Å²) in [6.07, 6.45) is 0. The topological polar surface area (TPSA) is 23.8 Å². The molecule has 0 atom stereocenters. The Labute approximate surface area is 245 Å². The van der Waals surface area contributed by atoms with Gasteiger partial charge in [0, 0.05) is 0 Å². The molecule has 1 aliphatic carbocycles. The maximum absolute atomic E-state index is 9.59. The van der Waals surface area contributed by atoms with Gasteiger partial charge in [-0.15, -0.1) is 0 Å². The molecule has 0 fully saturated rings. The van der Waals surface area contributed by atoms with E-state index in [2.05, 4.69) is 140 Å². The average Bonchev–Trinajstić information content (AvgIpc) is 3.41. The van der Waals surface area contributed by atoms with Crippen molar-refractivity contribution in [3.8, 4) is 72.8 Å². The highest BCUT2D eigenvalue weighted by Gasteiger charge is 2.30. The summed E-state index contributed by atoms with van der Waals surface area (Å²) in [5.41, 5.74) is 15.3. The molecule has 0 radical (unpaired) electrons. The van der Waals surface area contributed by atoms with Gasteiger partial charge in [-0.3, -0.25) is 0 Å². The van der Waals surface area contributed by atoms with Crippen LogP contribution in [0.4, 0.5) is 0 Å². The SMILES string of the molecule is N#Cc1cccc(-c2ccc3c4c(cccc24)-c2c(-c4ccccc4)cc(-c4ccccc4)c(-c4ccccc4)c2-3)c1. The third-order valence-corrected chi connectivity index (χ3v) is 8.44. The Morgan fingerprint density at radius 1 is 0.357 bits per heavy atom. The zero-order valence-electron chi connectivity index (χ0n) is 22.9. The minimum absolute atomic E-state index is 0.671. The zero-order valence-corrected chi connectivity index (χ0v) is 22.9. The van der Waals surface area contributed by atoms with E-state index in [-0.39, 0.29) is 0 Å². The molecule has 0 saturated carbocycles. The van der Waals surface area contributed by atoms with Crippen LogP contribution in [0.1, 0.15) is 5.56 Å². The second-order valence-corrected chi connectivity index (χ2v) is 10.8. The van der Waals surface area contributed by atoms with E-state index in [1.54, 1.807) is 0 Å². The first kappa shape index (κ1) is 24.1. The van der Waals surface area contributed by atoms with Crippen LogP contribution in [-0.4, -0.2) is 0 Å². The van der Waals surface area contributed by atoms with Crippen molar-refractivity contribution in [1.29, 1.82) is 5.26 Å². The standard InChI is InChI=1S/C41H25N/c42-26-27-12-10-19-31(24-27)32-22-23-35-39-33(32)20-11-21-34(39)40-37(29-15-6-2-7-16-29)25-36(28-13-4-1-5-14-28)38(41(35)40)30-17-8-3-9-18-30/h1-25H. The normalized spacial score (nSPS) is 11.3. The minimum atomic E-state index is 0.671. The average molecular weight is 532 g/mol. The molecule has 1 heteroatoms. The monoisotopic (exact) mass is 531 g/mol. The van der Waals surface area contributed by atoms with E-state index in [0.717, 1.165) is 11.1 Å². The summed E-state index contributed by atoms with van der Waals surface area (Å²) < 4.78 is 0. The van der Waals surface area contributed by atoms with E-state index in [4.69, 9.17) is 0 Å². The van der Waals surface area contributed by atoms with Crippen LogP contribution < -0.4 is 0 Å². The molecule has 0 aliphatic heterocycles. The number of nitriles is 1. The van der Waals surface area contributed by atoms with Crippen LogP contribution in [0.5, 0.6) is 0 Å². The van der Waals surface area contributed by atoms with Crippen molar-refractivity contribution in [2.24, 2.45) is 0 Å². The molecule has 0 saturated heterocycles. The number of rotatable bonds is 4. The van der Waals surface area contributed by atoms with Gasteiger partial charge in [-0.25, -0.2) is 0 Å². The fourth-order valence-electron chi connectivity index (χ4n) is 6.66. The minimum Gasteiger partial charge on any atom is -0.192 e. The van der Waals surface area contributed by atoms with Crippen molar-refractivity contribution in [3.05, 3.63) is 157 Å². The largest absolute Gasteiger partial charge is 0.192 e. The highest BCUT2D eigenvalue weighted by Crippen LogP contribution is 2.58. The Kier molecular flexibility index (Phi) is 5.59. The summed E-state index contributed by atoms with van der Waals surface area (Å²) in [6.45, 7) is 0. The van der Waals surface area contributed by atoms with Gasteiger partial charge in [0.15, 0.2) is 0 Å². The summed E-state index contributed by atoms with van der Waals surface area (Å²) in [5, 5.41) is 12.1. The van der Waals surface area contributed by atoms with Gasteiger partial charge >= 0.3 is 0 Å². The molecule has 1 nitrogen and oxygen atoms in total. The Morgan fingerprint density at radius 2 is 0.905 bits per heavy atom. The molecular formula is C41H25N. The van der Waals surface area contributed by atoms with Gasteiger partial charge in [-0.2, -0.15) is 5.26 Å². The number of nitrogens with zero attached hydrogens (tertiary/aromatic N) is 1. The first-order chi connectivity index (χ1) is 20.8. The molecule has 0 aromatic heterocycles. The molecule has 0 N–H and O–H groups in total. The molecule has 0 spiro atoms. The molecule has 7 aromatic rings. The lowest BCUT2D eigenvalue weighted by atomic mass is 9.82. The Morgan fingerprint density at radius 3 is 1.57 bits per heavy atom. The van der Waals surface area contributed by atoms with Crippen molar-refractivity contribution in [3.63, 3.8) is 0 Å². The molecular weight excluding hydrogens is 506 g/mol. The summed E-state index contributed by atoms with van der Waals surface area (Å²) in [4.78, 5) is 0. The second kappa shape index (κ2) is 9.73. The summed E-state index contributed by atoms with van der Waals surface area (Å²) in [7, 11) is 0. The van der Waals surface area contributed by atoms with E-state index in [0.29, 0.717) is 5.56 Å². The van der Waals surface area contributed by atoms with Gasteiger partial charge in [-0.05, 0) is 95.7 Å². The summed E-state index contributed by atoms with van der Waals surface area (Å²) in [6, 6.07) is 56.2. The van der Waals surface area contributed by atoms with Crippen LogP contribution in [0.25, 0.3) is 77.5 Å². The fraction of sp³-hybridized carbons (Fsp3) is 0. The first-order valence-electron chi connectivity index (χ1n) is 14.3. The molecule has 7 aromatic carbocycles. The third kappa shape index (κ3) is 3.70. The predicted octanol–water partition coefficient (Wildman–Crippen LogP) is 11.0. The van der Waals surface area contributed by atoms with Crippen molar-refractivity contribution in [1.82, 2.24) is 0 Å². The second-order valence-electron chi connectivity index (χ2n) is 10.8. The highest BCUT2D eigenvalue weighted by molar-refractivity contribution is 6.24. The van der Waals surface area contributed by atoms with Crippen LogP contribution in [0.3, 0.4) is 0 Å². The predicted molar refractivity (Wildman–Crippen MR) is 175 cm³/mol. The van der Waals surface area contributed by atoms with Crippen LogP contribution in [0.15, 0.2) is 152 Å². The molecule has 8 rings (SSSR count). The number of fused-ring (bicyclic) bond motifs is 3. The summed E-state index contributed by atoms with van der Waals surface area (Å²) >= 11 is 0. The first-order valence-corrected chi connectivity index (χ1v) is 14.3. The van der Waals surface area contributed by atoms with Gasteiger partial charge in [0.25, 0.3) is 0 Å². The highest BCUT2D eigenvalue weighted by atomic mass is 14.3. The van der Waals surface area contributed by atoms with E-state index >= 15 is 0 Å². The molecule has 0 bridgehead atoms. The van der Waals surface area contributed by atoms with Gasteiger partial charge in [-0.1, -0.05) is 133 Å². The molecule has 194 valence electrons. The summed E-state index contributed by atoms with van der Waals surface area (Å²) in [5.74, 6) is 0. The van der Waals surface area contributed by atoms with Gasteiger partial charge in [0.05, 0.1) is 11.6 Å². The molecule has 0 unspecified atom stereocenters. The Bertz CT molecular complexity index is 2170. The zero-order chi connectivity index (χ0) is 28.0. The molecule has 0 heterocycles. The van der Waals surface area contributed by atoms with E-state index in [1.807, 2.05) is 18.2 Å².